The summed E-state index contributed by atoms with van der Waals surface area (Å²) in [5, 5.41) is 4.23. The van der Waals surface area contributed by atoms with E-state index in [9.17, 15) is 8.42 Å². The molecule has 0 fully saturated rings. The Bertz CT molecular complexity index is 906. The van der Waals surface area contributed by atoms with Crippen molar-refractivity contribution in [3.63, 3.8) is 0 Å². The fraction of sp³-hybridized carbons (Fsp3) is 0.125. The van der Waals surface area contributed by atoms with Gasteiger partial charge in [0.1, 0.15) is 5.75 Å². The molecule has 3 rings (SSSR count). The first kappa shape index (κ1) is 16.0. The Hall–Kier alpha value is -2.87. The number of benzene rings is 1. The summed E-state index contributed by atoms with van der Waals surface area (Å²) in [4.78, 5) is 4.10. The van der Waals surface area contributed by atoms with Gasteiger partial charge in [-0.25, -0.2) is 8.42 Å². The second-order valence-electron chi connectivity index (χ2n) is 5.04. The van der Waals surface area contributed by atoms with Crippen molar-refractivity contribution < 1.29 is 13.2 Å². The number of anilines is 1. The molecule has 0 aliphatic heterocycles. The predicted octanol–water partition coefficient (Wildman–Crippen LogP) is 2.14. The lowest BCUT2D eigenvalue weighted by molar-refractivity contribution is 0.414. The smallest absolute Gasteiger partial charge is 0.263 e. The van der Waals surface area contributed by atoms with Crippen LogP contribution in [-0.2, 0) is 16.6 Å². The molecular formula is C16H16N4O3S. The minimum absolute atomic E-state index is 0.145. The third-order valence-corrected chi connectivity index (χ3v) is 4.71. The van der Waals surface area contributed by atoms with Crippen molar-refractivity contribution in [2.75, 3.05) is 11.8 Å². The van der Waals surface area contributed by atoms with Gasteiger partial charge in [0.15, 0.2) is 5.82 Å². The maximum atomic E-state index is 12.4. The van der Waals surface area contributed by atoms with Gasteiger partial charge in [0.2, 0.25) is 0 Å². The maximum absolute atomic E-state index is 12.4. The Morgan fingerprint density at radius 2 is 1.79 bits per heavy atom. The van der Waals surface area contributed by atoms with Crippen LogP contribution in [-0.4, -0.2) is 30.3 Å². The molecule has 1 aromatic carbocycles. The minimum Gasteiger partial charge on any atom is -0.497 e. The normalized spacial score (nSPS) is 11.2. The summed E-state index contributed by atoms with van der Waals surface area (Å²) in [5.74, 6) is 0.857. The lowest BCUT2D eigenvalue weighted by Crippen LogP contribution is -2.13. The van der Waals surface area contributed by atoms with Crippen LogP contribution in [0.4, 0.5) is 5.82 Å². The maximum Gasteiger partial charge on any atom is 0.263 e. The highest BCUT2D eigenvalue weighted by molar-refractivity contribution is 7.92. The number of nitrogens with zero attached hydrogens (tertiary/aromatic N) is 3. The van der Waals surface area contributed by atoms with E-state index in [0.717, 1.165) is 5.56 Å². The average Bonchev–Trinajstić information content (AvgIpc) is 3.02. The monoisotopic (exact) mass is 344 g/mol. The summed E-state index contributed by atoms with van der Waals surface area (Å²) in [6.07, 6.45) is 5.12. The molecule has 7 nitrogen and oxygen atoms in total. The molecule has 0 saturated carbocycles. The van der Waals surface area contributed by atoms with Crippen LogP contribution < -0.4 is 9.46 Å². The fourth-order valence-corrected chi connectivity index (χ4v) is 3.13. The molecule has 0 unspecified atom stereocenters. The number of methoxy groups -OCH3 is 1. The average molecular weight is 344 g/mol. The topological polar surface area (TPSA) is 86.1 Å². The summed E-state index contributed by atoms with van der Waals surface area (Å²) in [5.41, 5.74) is 1.03. The van der Waals surface area contributed by atoms with Gasteiger partial charge in [0, 0.05) is 24.7 Å². The van der Waals surface area contributed by atoms with Gasteiger partial charge in [-0.2, -0.15) is 5.10 Å². The third-order valence-electron chi connectivity index (χ3n) is 3.34. The molecule has 0 atom stereocenters. The van der Waals surface area contributed by atoms with Crippen molar-refractivity contribution in [3.8, 4) is 5.75 Å². The zero-order valence-corrected chi connectivity index (χ0v) is 13.8. The Morgan fingerprint density at radius 3 is 2.46 bits per heavy atom. The summed E-state index contributed by atoms with van der Waals surface area (Å²) in [7, 11) is -2.16. The SMILES string of the molecule is COc1ccc(S(=O)(=O)Nc2ccn(Cc3ccncc3)n2)cc1. The standard InChI is InChI=1S/C16H16N4O3S/c1-23-14-2-4-15(5-3-14)24(21,22)19-16-8-11-20(18-16)12-13-6-9-17-10-7-13/h2-11H,12H2,1H3,(H,18,19). The molecule has 2 aromatic heterocycles. The number of ether oxygens (including phenoxy) is 1. The molecule has 3 aromatic rings. The van der Waals surface area contributed by atoms with Crippen molar-refractivity contribution in [1.29, 1.82) is 0 Å². The van der Waals surface area contributed by atoms with Gasteiger partial charge in [-0.15, -0.1) is 0 Å². The van der Waals surface area contributed by atoms with Crippen molar-refractivity contribution in [1.82, 2.24) is 14.8 Å². The number of aromatic nitrogens is 3. The van der Waals surface area contributed by atoms with Crippen molar-refractivity contribution in [2.24, 2.45) is 0 Å². The number of hydrogen-bond donors (Lipinski definition) is 1. The van der Waals surface area contributed by atoms with Gasteiger partial charge < -0.3 is 4.74 Å². The van der Waals surface area contributed by atoms with E-state index in [2.05, 4.69) is 14.8 Å². The second kappa shape index (κ2) is 6.71. The van der Waals surface area contributed by atoms with Gasteiger partial charge in [-0.3, -0.25) is 14.4 Å². The van der Waals surface area contributed by atoms with Crippen LogP contribution in [0, 0.1) is 0 Å². The Balaban J connectivity index is 1.73. The van der Waals surface area contributed by atoms with Crippen LogP contribution in [0.3, 0.4) is 0 Å². The first-order chi connectivity index (χ1) is 11.6. The lowest BCUT2D eigenvalue weighted by atomic mass is 10.3. The Kier molecular flexibility index (Phi) is 4.48. The number of nitrogens with one attached hydrogen (secondary N) is 1. The molecule has 0 spiro atoms. The third kappa shape index (κ3) is 3.72. The van der Waals surface area contributed by atoms with Crippen LogP contribution in [0.25, 0.3) is 0 Å². The number of sulfonamides is 1. The molecule has 2 heterocycles. The van der Waals surface area contributed by atoms with Gasteiger partial charge in [-0.1, -0.05) is 0 Å². The fourth-order valence-electron chi connectivity index (χ4n) is 2.13. The first-order valence-electron chi connectivity index (χ1n) is 7.16. The Morgan fingerprint density at radius 1 is 1.08 bits per heavy atom. The second-order valence-corrected chi connectivity index (χ2v) is 6.72. The van der Waals surface area contributed by atoms with E-state index < -0.39 is 10.0 Å². The van der Waals surface area contributed by atoms with E-state index in [-0.39, 0.29) is 10.7 Å². The van der Waals surface area contributed by atoms with Gasteiger partial charge in [0.25, 0.3) is 10.0 Å². The summed E-state index contributed by atoms with van der Waals surface area (Å²) < 4.78 is 33.9. The Labute approximate surface area is 140 Å². The van der Waals surface area contributed by atoms with Crippen LogP contribution >= 0.6 is 0 Å². The molecule has 0 aliphatic rings. The van der Waals surface area contributed by atoms with E-state index in [1.54, 1.807) is 41.5 Å². The molecule has 0 aliphatic carbocycles. The summed E-state index contributed by atoms with van der Waals surface area (Å²) in [6.45, 7) is 0.535. The largest absolute Gasteiger partial charge is 0.497 e. The number of rotatable bonds is 6. The highest BCUT2D eigenvalue weighted by Gasteiger charge is 2.15. The molecular weight excluding hydrogens is 328 g/mol. The van der Waals surface area contributed by atoms with Crippen molar-refractivity contribution in [3.05, 3.63) is 66.6 Å². The predicted molar refractivity (Wildman–Crippen MR) is 89.4 cm³/mol. The molecule has 0 saturated heterocycles. The number of pyridine rings is 1. The summed E-state index contributed by atoms with van der Waals surface area (Å²) in [6, 6.07) is 11.5. The number of hydrogen-bond acceptors (Lipinski definition) is 5. The zero-order valence-electron chi connectivity index (χ0n) is 13.0. The highest BCUT2D eigenvalue weighted by Crippen LogP contribution is 2.18. The van der Waals surface area contributed by atoms with Crippen molar-refractivity contribution in [2.45, 2.75) is 11.4 Å². The molecule has 0 radical (unpaired) electrons. The molecule has 0 bridgehead atoms. The molecule has 1 N–H and O–H groups in total. The molecule has 8 heteroatoms. The van der Waals surface area contributed by atoms with Gasteiger partial charge in [0.05, 0.1) is 18.6 Å². The first-order valence-corrected chi connectivity index (χ1v) is 8.64. The van der Waals surface area contributed by atoms with Crippen LogP contribution in [0.1, 0.15) is 5.56 Å². The van der Waals surface area contributed by atoms with Gasteiger partial charge in [-0.05, 0) is 42.0 Å². The van der Waals surface area contributed by atoms with E-state index in [1.807, 2.05) is 12.1 Å². The van der Waals surface area contributed by atoms with Crippen LogP contribution in [0.5, 0.6) is 5.75 Å². The quantitative estimate of drug-likeness (QED) is 0.740. The van der Waals surface area contributed by atoms with E-state index in [0.29, 0.717) is 12.3 Å². The van der Waals surface area contributed by atoms with E-state index in [1.165, 1.54) is 19.2 Å². The van der Waals surface area contributed by atoms with Crippen LogP contribution in [0.2, 0.25) is 0 Å². The summed E-state index contributed by atoms with van der Waals surface area (Å²) >= 11 is 0. The lowest BCUT2D eigenvalue weighted by Gasteiger charge is -2.06. The van der Waals surface area contributed by atoms with Crippen molar-refractivity contribution >= 4 is 15.8 Å². The van der Waals surface area contributed by atoms with Gasteiger partial charge >= 0.3 is 0 Å². The van der Waals surface area contributed by atoms with E-state index in [4.69, 9.17) is 4.74 Å². The molecule has 24 heavy (non-hydrogen) atoms. The zero-order chi connectivity index (χ0) is 17.0. The molecule has 0 amide bonds. The van der Waals surface area contributed by atoms with Crippen LogP contribution in [0.15, 0.2) is 66.0 Å². The van der Waals surface area contributed by atoms with E-state index >= 15 is 0 Å². The minimum atomic E-state index is -3.69. The molecule has 124 valence electrons. The highest BCUT2D eigenvalue weighted by atomic mass is 32.2.